The van der Waals surface area contributed by atoms with Crippen LogP contribution in [0.5, 0.6) is 0 Å². The summed E-state index contributed by atoms with van der Waals surface area (Å²) in [6, 6.07) is 4.82. The summed E-state index contributed by atoms with van der Waals surface area (Å²) < 4.78 is 37.2. The molecule has 0 radical (unpaired) electrons. The molecule has 2 rings (SSSR count). The molecule has 96 valence electrons. The van der Waals surface area contributed by atoms with Gasteiger partial charge in [-0.05, 0) is 18.6 Å². The molecule has 0 amide bonds. The standard InChI is InChI=1S/C12H12F3N3/c1-2-3-10-16-11(18-17-10)8-4-6-9(7-5-8)12(13,14)15/h4-7H,2-3H2,1H3,(H,16,17,18). The molecule has 0 spiro atoms. The normalized spacial score (nSPS) is 11.8. The summed E-state index contributed by atoms with van der Waals surface area (Å²) in [7, 11) is 0. The Hall–Kier alpha value is -1.85. The maximum Gasteiger partial charge on any atom is 0.416 e. The molecule has 1 aromatic carbocycles. The van der Waals surface area contributed by atoms with Gasteiger partial charge in [0, 0.05) is 12.0 Å². The predicted octanol–water partition coefficient (Wildman–Crippen LogP) is 3.44. The molecule has 6 heteroatoms. The molecular formula is C12H12F3N3. The zero-order chi connectivity index (χ0) is 13.2. The number of halogens is 3. The molecule has 0 aliphatic rings. The number of hydrogen-bond donors (Lipinski definition) is 1. The molecule has 0 saturated carbocycles. The second kappa shape index (κ2) is 4.80. The Labute approximate surface area is 102 Å². The molecule has 0 aliphatic carbocycles. The Kier molecular flexibility index (Phi) is 3.36. The fourth-order valence-corrected chi connectivity index (χ4v) is 1.58. The molecule has 0 unspecified atom stereocenters. The van der Waals surface area contributed by atoms with E-state index in [-0.39, 0.29) is 0 Å². The lowest BCUT2D eigenvalue weighted by Gasteiger charge is -2.05. The highest BCUT2D eigenvalue weighted by Gasteiger charge is 2.30. The third-order valence-corrected chi connectivity index (χ3v) is 2.49. The van der Waals surface area contributed by atoms with E-state index in [1.807, 2.05) is 6.92 Å². The molecule has 1 heterocycles. The number of nitrogens with zero attached hydrogens (tertiary/aromatic N) is 2. The van der Waals surface area contributed by atoms with Crippen LogP contribution in [-0.2, 0) is 12.6 Å². The van der Waals surface area contributed by atoms with Crippen molar-refractivity contribution in [1.29, 1.82) is 0 Å². The van der Waals surface area contributed by atoms with Gasteiger partial charge in [0.25, 0.3) is 0 Å². The van der Waals surface area contributed by atoms with E-state index >= 15 is 0 Å². The summed E-state index contributed by atoms with van der Waals surface area (Å²) >= 11 is 0. The Morgan fingerprint density at radius 1 is 1.17 bits per heavy atom. The Morgan fingerprint density at radius 3 is 2.39 bits per heavy atom. The fourth-order valence-electron chi connectivity index (χ4n) is 1.58. The Morgan fingerprint density at radius 2 is 1.83 bits per heavy atom. The molecule has 0 saturated heterocycles. The van der Waals surface area contributed by atoms with E-state index in [1.165, 1.54) is 12.1 Å². The highest BCUT2D eigenvalue weighted by molar-refractivity contribution is 5.55. The van der Waals surface area contributed by atoms with Gasteiger partial charge in [-0.25, -0.2) is 4.98 Å². The lowest BCUT2D eigenvalue weighted by molar-refractivity contribution is -0.137. The van der Waals surface area contributed by atoms with Gasteiger partial charge in [-0.1, -0.05) is 19.1 Å². The molecule has 2 aromatic rings. The van der Waals surface area contributed by atoms with Gasteiger partial charge in [0.1, 0.15) is 5.82 Å². The molecule has 0 fully saturated rings. The van der Waals surface area contributed by atoms with Crippen LogP contribution in [0.2, 0.25) is 0 Å². The summed E-state index contributed by atoms with van der Waals surface area (Å²) in [6.07, 6.45) is -2.61. The minimum absolute atomic E-state index is 0.423. The largest absolute Gasteiger partial charge is 0.416 e. The molecule has 1 N–H and O–H groups in total. The lowest BCUT2D eigenvalue weighted by Crippen LogP contribution is -2.04. The zero-order valence-corrected chi connectivity index (χ0v) is 9.75. The van der Waals surface area contributed by atoms with Crippen molar-refractivity contribution in [1.82, 2.24) is 15.2 Å². The van der Waals surface area contributed by atoms with E-state index in [9.17, 15) is 13.2 Å². The van der Waals surface area contributed by atoms with Crippen molar-refractivity contribution in [2.75, 3.05) is 0 Å². The van der Waals surface area contributed by atoms with Crippen LogP contribution in [0.3, 0.4) is 0 Å². The van der Waals surface area contributed by atoms with Crippen LogP contribution in [0.15, 0.2) is 24.3 Å². The molecule has 0 bridgehead atoms. The number of hydrogen-bond acceptors (Lipinski definition) is 2. The van der Waals surface area contributed by atoms with Crippen molar-refractivity contribution in [3.63, 3.8) is 0 Å². The number of alkyl halides is 3. The van der Waals surface area contributed by atoms with E-state index in [4.69, 9.17) is 0 Å². The van der Waals surface area contributed by atoms with Gasteiger partial charge in [-0.2, -0.15) is 18.3 Å². The number of benzene rings is 1. The molecule has 1 aromatic heterocycles. The quantitative estimate of drug-likeness (QED) is 0.912. The number of H-pyrrole nitrogens is 1. The van der Waals surface area contributed by atoms with Gasteiger partial charge < -0.3 is 0 Å². The first kappa shape index (κ1) is 12.6. The van der Waals surface area contributed by atoms with Crippen molar-refractivity contribution in [3.05, 3.63) is 35.7 Å². The second-order valence-corrected chi connectivity index (χ2v) is 3.93. The molecule has 0 atom stereocenters. The first-order valence-corrected chi connectivity index (χ1v) is 5.59. The fraction of sp³-hybridized carbons (Fsp3) is 0.333. The van der Waals surface area contributed by atoms with Gasteiger partial charge in [-0.15, -0.1) is 0 Å². The van der Waals surface area contributed by atoms with E-state index in [0.29, 0.717) is 11.4 Å². The third kappa shape index (κ3) is 2.69. The summed E-state index contributed by atoms with van der Waals surface area (Å²) in [4.78, 5) is 4.21. The van der Waals surface area contributed by atoms with E-state index in [2.05, 4.69) is 15.2 Å². The first-order valence-electron chi connectivity index (χ1n) is 5.59. The number of aromatic nitrogens is 3. The third-order valence-electron chi connectivity index (χ3n) is 2.49. The molecule has 0 aliphatic heterocycles. The van der Waals surface area contributed by atoms with Crippen LogP contribution in [0.25, 0.3) is 11.4 Å². The van der Waals surface area contributed by atoms with Crippen LogP contribution in [0.1, 0.15) is 24.7 Å². The minimum atomic E-state index is -4.31. The molecular weight excluding hydrogens is 243 g/mol. The van der Waals surface area contributed by atoms with Crippen molar-refractivity contribution in [3.8, 4) is 11.4 Å². The topological polar surface area (TPSA) is 41.6 Å². The van der Waals surface area contributed by atoms with Crippen LogP contribution in [-0.4, -0.2) is 15.2 Å². The zero-order valence-electron chi connectivity index (χ0n) is 9.75. The van der Waals surface area contributed by atoms with Gasteiger partial charge in [0.15, 0.2) is 5.82 Å². The lowest BCUT2D eigenvalue weighted by atomic mass is 10.1. The predicted molar refractivity (Wildman–Crippen MR) is 60.8 cm³/mol. The maximum atomic E-state index is 12.4. The molecule has 18 heavy (non-hydrogen) atoms. The SMILES string of the molecule is CCCc1nc(-c2ccc(C(F)(F)F)cc2)n[nH]1. The monoisotopic (exact) mass is 255 g/mol. The highest BCUT2D eigenvalue weighted by atomic mass is 19.4. The van der Waals surface area contributed by atoms with Crippen LogP contribution in [0.4, 0.5) is 13.2 Å². The second-order valence-electron chi connectivity index (χ2n) is 3.93. The van der Waals surface area contributed by atoms with E-state index < -0.39 is 11.7 Å². The van der Waals surface area contributed by atoms with E-state index in [0.717, 1.165) is 30.8 Å². The average molecular weight is 255 g/mol. The summed E-state index contributed by atoms with van der Waals surface area (Å²) in [5, 5.41) is 6.75. The average Bonchev–Trinajstić information content (AvgIpc) is 2.77. The smallest absolute Gasteiger partial charge is 0.263 e. The van der Waals surface area contributed by atoms with Crippen LogP contribution < -0.4 is 0 Å². The van der Waals surface area contributed by atoms with Gasteiger partial charge >= 0.3 is 6.18 Å². The number of rotatable bonds is 3. The highest BCUT2D eigenvalue weighted by Crippen LogP contribution is 2.30. The van der Waals surface area contributed by atoms with Crippen LogP contribution >= 0.6 is 0 Å². The van der Waals surface area contributed by atoms with Gasteiger partial charge in [0.2, 0.25) is 0 Å². The number of aromatic amines is 1. The Bertz CT molecular complexity index is 514. The van der Waals surface area contributed by atoms with Crippen molar-refractivity contribution in [2.45, 2.75) is 25.9 Å². The molecule has 3 nitrogen and oxygen atoms in total. The number of aryl methyl sites for hydroxylation is 1. The first-order chi connectivity index (χ1) is 8.50. The maximum absolute atomic E-state index is 12.4. The van der Waals surface area contributed by atoms with E-state index in [1.54, 1.807) is 0 Å². The summed E-state index contributed by atoms with van der Waals surface area (Å²) in [5.41, 5.74) is -0.0998. The minimum Gasteiger partial charge on any atom is -0.263 e. The summed E-state index contributed by atoms with van der Waals surface area (Å²) in [5.74, 6) is 1.17. The Balaban J connectivity index is 2.23. The van der Waals surface area contributed by atoms with Gasteiger partial charge in [-0.3, -0.25) is 5.10 Å². The van der Waals surface area contributed by atoms with Crippen molar-refractivity contribution in [2.24, 2.45) is 0 Å². The summed E-state index contributed by atoms with van der Waals surface area (Å²) in [6.45, 7) is 2.01. The van der Waals surface area contributed by atoms with Gasteiger partial charge in [0.05, 0.1) is 5.56 Å². The number of nitrogens with one attached hydrogen (secondary N) is 1. The van der Waals surface area contributed by atoms with Crippen molar-refractivity contribution >= 4 is 0 Å². The van der Waals surface area contributed by atoms with Crippen molar-refractivity contribution < 1.29 is 13.2 Å². The van der Waals surface area contributed by atoms with Crippen LogP contribution in [0, 0.1) is 0 Å².